The highest BCUT2D eigenvalue weighted by atomic mass is 16.5. The minimum atomic E-state index is -0.939. The fourth-order valence-electron chi connectivity index (χ4n) is 2.64. The number of aliphatic hydroxyl groups excluding tert-OH is 3. The van der Waals surface area contributed by atoms with Gasteiger partial charge in [-0.15, -0.1) is 0 Å². The highest BCUT2D eigenvalue weighted by molar-refractivity contribution is 5.03. The fourth-order valence-corrected chi connectivity index (χ4v) is 2.64. The molecule has 21 heavy (non-hydrogen) atoms. The van der Waals surface area contributed by atoms with Gasteiger partial charge < -0.3 is 20.1 Å². The van der Waals surface area contributed by atoms with Crippen LogP contribution in [-0.2, 0) is 4.74 Å². The van der Waals surface area contributed by atoms with E-state index in [2.05, 4.69) is 4.98 Å². The van der Waals surface area contributed by atoms with Crippen molar-refractivity contribution in [3.05, 3.63) is 32.6 Å². The van der Waals surface area contributed by atoms with E-state index in [1.54, 1.807) is 6.92 Å². The lowest BCUT2D eigenvalue weighted by Crippen LogP contribution is -2.36. The van der Waals surface area contributed by atoms with Crippen molar-refractivity contribution in [2.45, 2.75) is 38.2 Å². The molecule has 1 fully saturated rings. The Morgan fingerprint density at radius 3 is 2.71 bits per heavy atom. The van der Waals surface area contributed by atoms with Crippen LogP contribution in [-0.4, -0.2) is 50.3 Å². The Labute approximate surface area is 120 Å². The van der Waals surface area contributed by atoms with Gasteiger partial charge in [0.2, 0.25) is 0 Å². The van der Waals surface area contributed by atoms with Crippen LogP contribution in [0.15, 0.2) is 15.8 Å². The van der Waals surface area contributed by atoms with Crippen LogP contribution < -0.4 is 11.2 Å². The first-order valence-electron chi connectivity index (χ1n) is 6.87. The quantitative estimate of drug-likeness (QED) is 0.524. The van der Waals surface area contributed by atoms with Crippen molar-refractivity contribution >= 4 is 0 Å². The number of hydrogen-bond donors (Lipinski definition) is 4. The number of ether oxygens (including phenoxy) is 1. The van der Waals surface area contributed by atoms with Crippen LogP contribution in [0.25, 0.3) is 0 Å². The molecule has 0 spiro atoms. The second-order valence-electron chi connectivity index (χ2n) is 5.25. The summed E-state index contributed by atoms with van der Waals surface area (Å²) in [6.45, 7) is 1.15. The van der Waals surface area contributed by atoms with Crippen molar-refractivity contribution in [2.75, 3.05) is 13.2 Å². The SMILES string of the molecule is Cc1cn([C@@H]2O[C@H](CO)[C@@H](O)[C@H]2CCCO)c(=O)[nH]c1=O. The van der Waals surface area contributed by atoms with Crippen LogP contribution in [0.5, 0.6) is 0 Å². The maximum atomic E-state index is 11.9. The molecule has 1 aromatic rings. The van der Waals surface area contributed by atoms with Crippen molar-refractivity contribution in [2.24, 2.45) is 5.92 Å². The molecular formula is C13H20N2O6. The van der Waals surface area contributed by atoms with E-state index in [0.717, 1.165) is 0 Å². The molecule has 1 aromatic heterocycles. The number of aryl methyl sites for hydroxylation is 1. The highest BCUT2D eigenvalue weighted by Gasteiger charge is 2.44. The van der Waals surface area contributed by atoms with Gasteiger partial charge in [-0.25, -0.2) is 4.79 Å². The predicted octanol–water partition coefficient (Wildman–Crippen LogP) is -1.52. The molecule has 4 N–H and O–H groups in total. The van der Waals surface area contributed by atoms with E-state index in [-0.39, 0.29) is 13.2 Å². The zero-order valence-electron chi connectivity index (χ0n) is 11.7. The first kappa shape index (κ1) is 15.9. The molecule has 1 aliphatic rings. The third-order valence-corrected chi connectivity index (χ3v) is 3.80. The van der Waals surface area contributed by atoms with Gasteiger partial charge in [0.15, 0.2) is 0 Å². The number of aromatic amines is 1. The van der Waals surface area contributed by atoms with E-state index >= 15 is 0 Å². The van der Waals surface area contributed by atoms with E-state index in [1.165, 1.54) is 10.8 Å². The molecule has 0 saturated carbocycles. The lowest BCUT2D eigenvalue weighted by Gasteiger charge is -2.21. The molecule has 118 valence electrons. The monoisotopic (exact) mass is 300 g/mol. The van der Waals surface area contributed by atoms with Crippen LogP contribution in [0.3, 0.4) is 0 Å². The Kier molecular flexibility index (Phi) is 4.94. The van der Waals surface area contributed by atoms with E-state index in [0.29, 0.717) is 18.4 Å². The zero-order valence-corrected chi connectivity index (χ0v) is 11.7. The van der Waals surface area contributed by atoms with Crippen molar-refractivity contribution in [3.63, 3.8) is 0 Å². The molecule has 2 rings (SSSR count). The summed E-state index contributed by atoms with van der Waals surface area (Å²) in [4.78, 5) is 25.5. The van der Waals surface area contributed by atoms with E-state index in [4.69, 9.17) is 9.84 Å². The molecule has 2 heterocycles. The van der Waals surface area contributed by atoms with Gasteiger partial charge in [0.05, 0.1) is 12.7 Å². The number of H-pyrrole nitrogens is 1. The van der Waals surface area contributed by atoms with Gasteiger partial charge in [-0.1, -0.05) is 0 Å². The standard InChI is InChI=1S/C13H20N2O6/c1-7-5-15(13(20)14-11(7)19)12-8(3-2-4-16)10(18)9(6-17)21-12/h5,8-10,12,16-18H,2-4,6H2,1H3,(H,14,19,20)/t8-,9-,10+,12-/m1/s1. The first-order chi connectivity index (χ1) is 9.99. The van der Waals surface area contributed by atoms with Crippen molar-refractivity contribution < 1.29 is 20.1 Å². The lowest BCUT2D eigenvalue weighted by molar-refractivity contribution is -0.0484. The summed E-state index contributed by atoms with van der Waals surface area (Å²) < 4.78 is 6.77. The highest BCUT2D eigenvalue weighted by Crippen LogP contribution is 2.36. The summed E-state index contributed by atoms with van der Waals surface area (Å²) in [5.41, 5.74) is -0.753. The van der Waals surface area contributed by atoms with Gasteiger partial charge in [-0.05, 0) is 19.8 Å². The summed E-state index contributed by atoms with van der Waals surface area (Å²) in [5, 5.41) is 28.3. The van der Waals surface area contributed by atoms with Crippen LogP contribution in [0.2, 0.25) is 0 Å². The fraction of sp³-hybridized carbons (Fsp3) is 0.692. The van der Waals surface area contributed by atoms with Crippen molar-refractivity contribution in [3.8, 4) is 0 Å². The van der Waals surface area contributed by atoms with Gasteiger partial charge in [0, 0.05) is 24.3 Å². The molecule has 0 radical (unpaired) electrons. The van der Waals surface area contributed by atoms with E-state index in [1.807, 2.05) is 0 Å². The molecule has 4 atom stereocenters. The summed E-state index contributed by atoms with van der Waals surface area (Å²) >= 11 is 0. The predicted molar refractivity (Wildman–Crippen MR) is 72.9 cm³/mol. The van der Waals surface area contributed by atoms with E-state index in [9.17, 15) is 19.8 Å². The second-order valence-corrected chi connectivity index (χ2v) is 5.25. The summed E-state index contributed by atoms with van der Waals surface area (Å²) in [6, 6.07) is 0. The number of nitrogens with zero attached hydrogens (tertiary/aromatic N) is 1. The first-order valence-corrected chi connectivity index (χ1v) is 6.87. The lowest BCUT2D eigenvalue weighted by atomic mass is 9.94. The normalized spacial score (nSPS) is 29.0. The number of hydrogen-bond acceptors (Lipinski definition) is 6. The molecular weight excluding hydrogens is 280 g/mol. The Morgan fingerprint density at radius 1 is 1.38 bits per heavy atom. The summed E-state index contributed by atoms with van der Waals surface area (Å²) in [6.07, 6.45) is -0.264. The zero-order chi connectivity index (χ0) is 15.6. The molecule has 1 saturated heterocycles. The Hall–Kier alpha value is -1.48. The van der Waals surface area contributed by atoms with Crippen molar-refractivity contribution in [1.82, 2.24) is 9.55 Å². The van der Waals surface area contributed by atoms with Gasteiger partial charge >= 0.3 is 5.69 Å². The van der Waals surface area contributed by atoms with Gasteiger partial charge in [0.1, 0.15) is 12.3 Å². The minimum Gasteiger partial charge on any atom is -0.396 e. The van der Waals surface area contributed by atoms with Crippen LogP contribution in [0.1, 0.15) is 24.6 Å². The molecule has 0 bridgehead atoms. The number of aliphatic hydroxyl groups is 3. The largest absolute Gasteiger partial charge is 0.396 e. The molecule has 0 aliphatic carbocycles. The molecule has 8 heteroatoms. The number of aromatic nitrogens is 2. The third-order valence-electron chi connectivity index (χ3n) is 3.80. The van der Waals surface area contributed by atoms with E-state index < -0.39 is 35.6 Å². The molecule has 1 aliphatic heterocycles. The van der Waals surface area contributed by atoms with Gasteiger partial charge in [-0.3, -0.25) is 14.3 Å². The summed E-state index contributed by atoms with van der Waals surface area (Å²) in [7, 11) is 0. The number of rotatable bonds is 5. The van der Waals surface area contributed by atoms with Crippen LogP contribution in [0.4, 0.5) is 0 Å². The Morgan fingerprint density at radius 2 is 2.10 bits per heavy atom. The van der Waals surface area contributed by atoms with Crippen molar-refractivity contribution in [1.29, 1.82) is 0 Å². The van der Waals surface area contributed by atoms with Gasteiger partial charge in [0.25, 0.3) is 5.56 Å². The topological polar surface area (TPSA) is 125 Å². The second kappa shape index (κ2) is 6.52. The maximum Gasteiger partial charge on any atom is 0.330 e. The third kappa shape index (κ3) is 3.08. The smallest absolute Gasteiger partial charge is 0.330 e. The summed E-state index contributed by atoms with van der Waals surface area (Å²) in [5.74, 6) is -0.447. The number of nitrogens with one attached hydrogen (secondary N) is 1. The molecule has 0 aromatic carbocycles. The minimum absolute atomic E-state index is 0.0424. The van der Waals surface area contributed by atoms with Crippen LogP contribution in [0, 0.1) is 12.8 Å². The molecule has 8 nitrogen and oxygen atoms in total. The average molecular weight is 300 g/mol. The Balaban J connectivity index is 2.37. The Bertz CT molecular complexity index is 595. The average Bonchev–Trinajstić information content (AvgIpc) is 2.77. The molecule has 0 unspecified atom stereocenters. The molecule has 0 amide bonds. The maximum absolute atomic E-state index is 11.9. The van der Waals surface area contributed by atoms with Crippen LogP contribution >= 0.6 is 0 Å². The van der Waals surface area contributed by atoms with Gasteiger partial charge in [-0.2, -0.15) is 0 Å².